The molecule has 0 unspecified atom stereocenters. The molecule has 0 saturated heterocycles. The van der Waals surface area contributed by atoms with Gasteiger partial charge in [0, 0.05) is 11.1 Å². The van der Waals surface area contributed by atoms with E-state index in [2.05, 4.69) is 15.0 Å². The number of esters is 1. The molecule has 0 radical (unpaired) electrons. The van der Waals surface area contributed by atoms with Crippen LogP contribution in [0.25, 0.3) is 10.2 Å². The van der Waals surface area contributed by atoms with Gasteiger partial charge in [0.15, 0.2) is 6.04 Å². The molecule has 23 heavy (non-hydrogen) atoms. The van der Waals surface area contributed by atoms with Gasteiger partial charge in [-0.1, -0.05) is 0 Å². The van der Waals surface area contributed by atoms with Gasteiger partial charge in [-0.25, -0.2) is 9.78 Å². The number of rotatable bonds is 4. The third kappa shape index (κ3) is 3.35. The lowest BCUT2D eigenvalue weighted by Gasteiger charge is -2.18. The van der Waals surface area contributed by atoms with E-state index in [0.29, 0.717) is 4.88 Å². The van der Waals surface area contributed by atoms with Crippen LogP contribution in [0.5, 0.6) is 0 Å². The number of nitrogens with zero attached hydrogens (tertiary/aromatic N) is 1. The van der Waals surface area contributed by atoms with Crippen LogP contribution in [0, 0.1) is 20.8 Å². The molecule has 2 N–H and O–H groups in total. The van der Waals surface area contributed by atoms with E-state index >= 15 is 0 Å². The minimum absolute atomic E-state index is 0.418. The largest absolute Gasteiger partial charge is 0.467 e. The first-order valence-corrected chi connectivity index (χ1v) is 8.02. The van der Waals surface area contributed by atoms with E-state index in [1.807, 2.05) is 26.8 Å². The quantitative estimate of drug-likeness (QED) is 0.832. The summed E-state index contributed by atoms with van der Waals surface area (Å²) in [4.78, 5) is 29.9. The van der Waals surface area contributed by atoms with Crippen molar-refractivity contribution >= 4 is 33.4 Å². The number of pyridine rings is 1. The highest BCUT2D eigenvalue weighted by atomic mass is 32.1. The van der Waals surface area contributed by atoms with Crippen LogP contribution in [-0.2, 0) is 9.53 Å². The van der Waals surface area contributed by atoms with E-state index in [1.165, 1.54) is 25.4 Å². The third-order valence-corrected chi connectivity index (χ3v) is 4.84. The number of thiophene rings is 1. The first-order valence-electron chi connectivity index (χ1n) is 7.20. The molecular formula is C16H20N2O4S. The van der Waals surface area contributed by atoms with Crippen molar-refractivity contribution < 1.29 is 19.4 Å². The maximum Gasteiger partial charge on any atom is 0.331 e. The van der Waals surface area contributed by atoms with Gasteiger partial charge in [-0.3, -0.25) is 4.79 Å². The predicted molar refractivity (Wildman–Crippen MR) is 88.8 cm³/mol. The van der Waals surface area contributed by atoms with Crippen LogP contribution in [0.4, 0.5) is 0 Å². The molecule has 124 valence electrons. The molecule has 0 bridgehead atoms. The van der Waals surface area contributed by atoms with Gasteiger partial charge in [-0.2, -0.15) is 0 Å². The molecule has 0 aliphatic heterocycles. The number of aromatic nitrogens is 1. The number of ether oxygens (including phenoxy) is 1. The molecule has 0 spiro atoms. The van der Waals surface area contributed by atoms with Gasteiger partial charge in [-0.15, -0.1) is 11.3 Å². The molecule has 2 aromatic heterocycles. The van der Waals surface area contributed by atoms with Crippen molar-refractivity contribution in [1.82, 2.24) is 10.3 Å². The normalized spacial score (nSPS) is 13.7. The lowest BCUT2D eigenvalue weighted by molar-refractivity contribution is -0.145. The molecule has 0 aromatic carbocycles. The average Bonchev–Trinajstić information content (AvgIpc) is 2.80. The van der Waals surface area contributed by atoms with Crippen molar-refractivity contribution in [3.05, 3.63) is 27.8 Å². The first-order chi connectivity index (χ1) is 10.8. The molecule has 2 rings (SSSR count). The van der Waals surface area contributed by atoms with Gasteiger partial charge < -0.3 is 15.2 Å². The summed E-state index contributed by atoms with van der Waals surface area (Å²) in [5.41, 5.74) is 2.77. The van der Waals surface area contributed by atoms with Gasteiger partial charge in [0.25, 0.3) is 5.91 Å². The lowest BCUT2D eigenvalue weighted by atomic mass is 10.1. The summed E-state index contributed by atoms with van der Waals surface area (Å²) in [5.74, 6) is -1.10. The number of aryl methyl sites for hydroxylation is 3. The highest BCUT2D eigenvalue weighted by Gasteiger charge is 2.28. The molecule has 2 heterocycles. The van der Waals surface area contributed by atoms with Gasteiger partial charge in [0.1, 0.15) is 4.83 Å². The highest BCUT2D eigenvalue weighted by molar-refractivity contribution is 7.20. The topological polar surface area (TPSA) is 88.5 Å². The molecule has 1 amide bonds. The standard InChI is InChI=1S/C16H20N2O4S/c1-7-6-8(2)17-15-11(7)9(3)13(23-15)14(20)18-12(10(4)19)16(21)22-5/h6,10,12,19H,1-5H3,(H,18,20)/t10-,12+/m1/s1. The van der Waals surface area contributed by atoms with Crippen LogP contribution in [-0.4, -0.2) is 41.2 Å². The van der Waals surface area contributed by atoms with E-state index in [0.717, 1.165) is 27.0 Å². The minimum atomic E-state index is -1.10. The summed E-state index contributed by atoms with van der Waals surface area (Å²) in [6.07, 6.45) is -1.05. The van der Waals surface area contributed by atoms with Crippen LogP contribution >= 0.6 is 11.3 Å². The zero-order valence-corrected chi connectivity index (χ0v) is 14.6. The zero-order chi connectivity index (χ0) is 17.3. The minimum Gasteiger partial charge on any atom is -0.467 e. The Labute approximate surface area is 138 Å². The molecule has 6 nitrogen and oxygen atoms in total. The van der Waals surface area contributed by atoms with Gasteiger partial charge >= 0.3 is 5.97 Å². The number of hydrogen-bond donors (Lipinski definition) is 2. The number of aliphatic hydroxyl groups excluding tert-OH is 1. The second kappa shape index (κ2) is 6.64. The lowest BCUT2D eigenvalue weighted by Crippen LogP contribution is -2.48. The predicted octanol–water partition coefficient (Wildman–Crippen LogP) is 1.87. The molecule has 0 saturated carbocycles. The van der Waals surface area contributed by atoms with Gasteiger partial charge in [0.2, 0.25) is 0 Å². The Hall–Kier alpha value is -1.99. The van der Waals surface area contributed by atoms with Crippen LogP contribution in [0.3, 0.4) is 0 Å². The number of methoxy groups -OCH3 is 1. The Balaban J connectivity index is 2.40. The Morgan fingerprint density at radius 1 is 1.35 bits per heavy atom. The number of carbonyl (C=O) groups excluding carboxylic acids is 2. The summed E-state index contributed by atoms with van der Waals surface area (Å²) in [5, 5.41) is 13.2. The maximum atomic E-state index is 12.5. The van der Waals surface area contributed by atoms with E-state index in [-0.39, 0.29) is 0 Å². The Morgan fingerprint density at radius 3 is 2.57 bits per heavy atom. The van der Waals surface area contributed by atoms with Crippen molar-refractivity contribution in [2.45, 2.75) is 39.8 Å². The second-order valence-corrected chi connectivity index (χ2v) is 6.53. The molecule has 0 aliphatic rings. The van der Waals surface area contributed by atoms with E-state index in [4.69, 9.17) is 0 Å². The smallest absolute Gasteiger partial charge is 0.331 e. The maximum absolute atomic E-state index is 12.5. The van der Waals surface area contributed by atoms with Crippen molar-refractivity contribution in [3.8, 4) is 0 Å². The van der Waals surface area contributed by atoms with Crippen LogP contribution in [0.15, 0.2) is 6.07 Å². The van der Waals surface area contributed by atoms with Gasteiger partial charge in [-0.05, 0) is 44.9 Å². The Bertz CT molecular complexity index is 767. The number of hydrogen-bond acceptors (Lipinski definition) is 6. The van der Waals surface area contributed by atoms with E-state index in [9.17, 15) is 14.7 Å². The summed E-state index contributed by atoms with van der Waals surface area (Å²) < 4.78 is 4.61. The van der Waals surface area contributed by atoms with Crippen LogP contribution in [0.2, 0.25) is 0 Å². The second-order valence-electron chi connectivity index (χ2n) is 5.53. The molecule has 0 fully saturated rings. The van der Waals surface area contributed by atoms with Crippen molar-refractivity contribution in [3.63, 3.8) is 0 Å². The Kier molecular flexibility index (Phi) is 5.01. The third-order valence-electron chi connectivity index (χ3n) is 3.66. The SMILES string of the molecule is COC(=O)[C@@H](NC(=O)c1sc2nc(C)cc(C)c2c1C)[C@@H](C)O. The number of amides is 1. The number of aliphatic hydroxyl groups is 1. The fourth-order valence-electron chi connectivity index (χ4n) is 2.55. The summed E-state index contributed by atoms with van der Waals surface area (Å²) in [6.45, 7) is 7.16. The average molecular weight is 336 g/mol. The number of nitrogens with one attached hydrogen (secondary N) is 1. The number of carbonyl (C=O) groups is 2. The molecule has 2 atom stereocenters. The van der Waals surface area contributed by atoms with E-state index < -0.39 is 24.0 Å². The zero-order valence-electron chi connectivity index (χ0n) is 13.8. The van der Waals surface area contributed by atoms with Crippen molar-refractivity contribution in [1.29, 1.82) is 0 Å². The first kappa shape index (κ1) is 17.4. The monoisotopic (exact) mass is 336 g/mol. The fourth-order valence-corrected chi connectivity index (χ4v) is 3.75. The molecular weight excluding hydrogens is 316 g/mol. The van der Waals surface area contributed by atoms with Gasteiger partial charge in [0.05, 0.1) is 18.1 Å². The summed E-state index contributed by atoms with van der Waals surface area (Å²) in [7, 11) is 1.21. The fraction of sp³-hybridized carbons (Fsp3) is 0.438. The molecule has 2 aromatic rings. The highest BCUT2D eigenvalue weighted by Crippen LogP contribution is 2.32. The molecule has 7 heteroatoms. The number of fused-ring (bicyclic) bond motifs is 1. The van der Waals surface area contributed by atoms with Crippen LogP contribution < -0.4 is 5.32 Å². The van der Waals surface area contributed by atoms with Crippen molar-refractivity contribution in [2.75, 3.05) is 7.11 Å². The van der Waals surface area contributed by atoms with Crippen LogP contribution in [0.1, 0.15) is 33.4 Å². The summed E-state index contributed by atoms with van der Waals surface area (Å²) in [6, 6.07) is 0.865. The summed E-state index contributed by atoms with van der Waals surface area (Å²) >= 11 is 1.28. The molecule has 0 aliphatic carbocycles. The Morgan fingerprint density at radius 2 is 2.00 bits per heavy atom. The van der Waals surface area contributed by atoms with Crippen molar-refractivity contribution in [2.24, 2.45) is 0 Å². The van der Waals surface area contributed by atoms with E-state index in [1.54, 1.807) is 0 Å².